The van der Waals surface area contributed by atoms with Crippen LogP contribution in [0.3, 0.4) is 0 Å². The van der Waals surface area contributed by atoms with E-state index in [1.807, 2.05) is 36.4 Å². The van der Waals surface area contributed by atoms with Crippen LogP contribution in [-0.4, -0.2) is 39.9 Å². The van der Waals surface area contributed by atoms with Gasteiger partial charge < -0.3 is 10.6 Å². The second kappa shape index (κ2) is 9.91. The van der Waals surface area contributed by atoms with Crippen LogP contribution in [0.15, 0.2) is 67.1 Å². The van der Waals surface area contributed by atoms with Crippen LogP contribution in [0.4, 0.5) is 0 Å². The molecule has 7 heteroatoms. The van der Waals surface area contributed by atoms with Crippen molar-refractivity contribution in [2.45, 2.75) is 12.8 Å². The van der Waals surface area contributed by atoms with Gasteiger partial charge in [-0.25, -0.2) is 0 Å². The third-order valence-corrected chi connectivity index (χ3v) is 4.04. The van der Waals surface area contributed by atoms with Crippen LogP contribution in [0.2, 0.25) is 0 Å². The number of carbonyl (C=O) groups excluding carboxylic acids is 2. The molecule has 142 valence electrons. The lowest BCUT2D eigenvalue weighted by molar-refractivity contribution is 0.0938. The Bertz CT molecular complexity index is 823. The summed E-state index contributed by atoms with van der Waals surface area (Å²) in [4.78, 5) is 36.8. The molecule has 28 heavy (non-hydrogen) atoms. The number of nitrogens with one attached hydrogen (secondary N) is 2. The van der Waals surface area contributed by atoms with Gasteiger partial charge in [-0.05, 0) is 36.4 Å². The summed E-state index contributed by atoms with van der Waals surface area (Å²) in [6.07, 6.45) is 6.14. The first-order chi connectivity index (χ1) is 13.7. The largest absolute Gasteiger partial charge is 0.352 e. The van der Waals surface area contributed by atoms with Gasteiger partial charge in [-0.2, -0.15) is 0 Å². The number of amides is 2. The highest BCUT2D eigenvalue weighted by Gasteiger charge is 2.10. The Morgan fingerprint density at radius 1 is 0.714 bits per heavy atom. The summed E-state index contributed by atoms with van der Waals surface area (Å²) in [5.74, 6) is -0.511. The first-order valence-electron chi connectivity index (χ1n) is 9.04. The maximum absolute atomic E-state index is 12.2. The van der Waals surface area contributed by atoms with Crippen molar-refractivity contribution in [3.63, 3.8) is 0 Å². The number of aromatic nitrogens is 3. The van der Waals surface area contributed by atoms with Crippen molar-refractivity contribution in [3.8, 4) is 0 Å². The van der Waals surface area contributed by atoms with Crippen molar-refractivity contribution < 1.29 is 9.59 Å². The molecule has 0 saturated carbocycles. The molecule has 0 bridgehead atoms. The van der Waals surface area contributed by atoms with Crippen LogP contribution in [0.5, 0.6) is 0 Å². The smallest absolute Gasteiger partial charge is 0.269 e. The van der Waals surface area contributed by atoms with Crippen molar-refractivity contribution >= 4 is 11.8 Å². The second-order valence-electron chi connectivity index (χ2n) is 6.09. The Morgan fingerprint density at radius 2 is 1.32 bits per heavy atom. The quantitative estimate of drug-likeness (QED) is 0.626. The third-order valence-electron chi connectivity index (χ3n) is 4.04. The Kier molecular flexibility index (Phi) is 6.78. The topological polar surface area (TPSA) is 96.9 Å². The lowest BCUT2D eigenvalue weighted by Crippen LogP contribution is -2.28. The summed E-state index contributed by atoms with van der Waals surface area (Å²) in [6, 6.07) is 14.5. The number of hydrogen-bond acceptors (Lipinski definition) is 5. The van der Waals surface area contributed by atoms with Gasteiger partial charge in [-0.15, -0.1) is 0 Å². The Labute approximate surface area is 163 Å². The van der Waals surface area contributed by atoms with E-state index in [1.165, 1.54) is 6.20 Å². The lowest BCUT2D eigenvalue weighted by atomic mass is 10.2. The SMILES string of the molecule is O=C(NCCc1ccccn1)c1ccc(C(=O)NCCc2ccccn2)nc1. The Morgan fingerprint density at radius 3 is 1.82 bits per heavy atom. The zero-order chi connectivity index (χ0) is 19.6. The molecule has 0 saturated heterocycles. The van der Waals surface area contributed by atoms with Gasteiger partial charge in [-0.1, -0.05) is 12.1 Å². The van der Waals surface area contributed by atoms with E-state index in [0.29, 0.717) is 31.5 Å². The number of rotatable bonds is 8. The van der Waals surface area contributed by atoms with E-state index >= 15 is 0 Å². The predicted molar refractivity (Wildman–Crippen MR) is 105 cm³/mol. The normalized spacial score (nSPS) is 10.3. The number of pyridine rings is 3. The first-order valence-corrected chi connectivity index (χ1v) is 9.04. The summed E-state index contributed by atoms with van der Waals surface area (Å²) in [5, 5.41) is 5.62. The molecule has 0 atom stereocenters. The minimum Gasteiger partial charge on any atom is -0.352 e. The third kappa shape index (κ3) is 5.70. The van der Waals surface area contributed by atoms with Crippen molar-refractivity contribution in [2.24, 2.45) is 0 Å². The van der Waals surface area contributed by atoms with E-state index in [4.69, 9.17) is 0 Å². The van der Waals surface area contributed by atoms with E-state index in [0.717, 1.165) is 11.4 Å². The summed E-state index contributed by atoms with van der Waals surface area (Å²) in [6.45, 7) is 0.943. The molecule has 3 heterocycles. The first kappa shape index (κ1) is 19.2. The molecule has 0 fully saturated rings. The second-order valence-corrected chi connectivity index (χ2v) is 6.09. The highest BCUT2D eigenvalue weighted by atomic mass is 16.2. The Balaban J connectivity index is 1.44. The zero-order valence-electron chi connectivity index (χ0n) is 15.3. The van der Waals surface area contributed by atoms with Gasteiger partial charge in [0.2, 0.25) is 0 Å². The van der Waals surface area contributed by atoms with Crippen LogP contribution in [0.1, 0.15) is 32.2 Å². The van der Waals surface area contributed by atoms with Crippen molar-refractivity contribution in [1.29, 1.82) is 0 Å². The maximum Gasteiger partial charge on any atom is 0.269 e. The van der Waals surface area contributed by atoms with Gasteiger partial charge >= 0.3 is 0 Å². The van der Waals surface area contributed by atoms with Gasteiger partial charge in [0.25, 0.3) is 11.8 Å². The summed E-state index contributed by atoms with van der Waals surface area (Å²) in [5.41, 5.74) is 2.50. The molecule has 0 unspecified atom stereocenters. The average Bonchev–Trinajstić information content (AvgIpc) is 2.75. The molecule has 7 nitrogen and oxygen atoms in total. The lowest BCUT2D eigenvalue weighted by Gasteiger charge is -2.07. The standard InChI is InChI=1S/C21H21N5O2/c27-20(24-13-9-17-5-1-3-11-22-17)16-7-8-19(26-15-16)21(28)25-14-10-18-6-2-4-12-23-18/h1-8,11-12,15H,9-10,13-14H2,(H,24,27)(H,25,28). The van der Waals surface area contributed by atoms with Gasteiger partial charge in [-0.3, -0.25) is 24.5 Å². The van der Waals surface area contributed by atoms with Crippen LogP contribution in [-0.2, 0) is 12.8 Å². The van der Waals surface area contributed by atoms with E-state index in [1.54, 1.807) is 24.5 Å². The molecule has 2 N–H and O–H groups in total. The molecule has 0 aromatic carbocycles. The molecule has 0 aliphatic carbocycles. The number of hydrogen-bond donors (Lipinski definition) is 2. The van der Waals surface area contributed by atoms with Crippen molar-refractivity contribution in [2.75, 3.05) is 13.1 Å². The van der Waals surface area contributed by atoms with Gasteiger partial charge in [0.1, 0.15) is 5.69 Å². The fourth-order valence-corrected chi connectivity index (χ4v) is 2.56. The zero-order valence-corrected chi connectivity index (χ0v) is 15.3. The van der Waals surface area contributed by atoms with Crippen LogP contribution in [0, 0.1) is 0 Å². The summed E-state index contributed by atoms with van der Waals surface area (Å²) >= 11 is 0. The molecule has 3 aromatic rings. The molecule has 0 radical (unpaired) electrons. The van der Waals surface area contributed by atoms with Crippen LogP contribution >= 0.6 is 0 Å². The van der Waals surface area contributed by atoms with Crippen LogP contribution in [0.25, 0.3) is 0 Å². The molecular formula is C21H21N5O2. The molecule has 0 aliphatic rings. The fraction of sp³-hybridized carbons (Fsp3) is 0.190. The molecule has 3 rings (SSSR count). The van der Waals surface area contributed by atoms with E-state index in [-0.39, 0.29) is 17.5 Å². The maximum atomic E-state index is 12.2. The molecular weight excluding hydrogens is 354 g/mol. The monoisotopic (exact) mass is 375 g/mol. The van der Waals surface area contributed by atoms with Gasteiger partial charge in [0.15, 0.2) is 0 Å². The average molecular weight is 375 g/mol. The van der Waals surface area contributed by atoms with Crippen LogP contribution < -0.4 is 10.6 Å². The summed E-state index contributed by atoms with van der Waals surface area (Å²) < 4.78 is 0. The number of nitrogens with zero attached hydrogens (tertiary/aromatic N) is 3. The summed E-state index contributed by atoms with van der Waals surface area (Å²) in [7, 11) is 0. The molecule has 3 aromatic heterocycles. The molecule has 2 amide bonds. The highest BCUT2D eigenvalue weighted by Crippen LogP contribution is 2.02. The van der Waals surface area contributed by atoms with E-state index < -0.39 is 0 Å². The molecule has 0 spiro atoms. The van der Waals surface area contributed by atoms with E-state index in [9.17, 15) is 9.59 Å². The van der Waals surface area contributed by atoms with E-state index in [2.05, 4.69) is 25.6 Å². The predicted octanol–water partition coefficient (Wildman–Crippen LogP) is 1.82. The number of carbonyl (C=O) groups is 2. The van der Waals surface area contributed by atoms with Crippen molar-refractivity contribution in [1.82, 2.24) is 25.6 Å². The minimum atomic E-state index is -0.280. The highest BCUT2D eigenvalue weighted by molar-refractivity contribution is 5.96. The molecule has 0 aliphatic heterocycles. The fourth-order valence-electron chi connectivity index (χ4n) is 2.56. The van der Waals surface area contributed by atoms with Gasteiger partial charge in [0.05, 0.1) is 5.56 Å². The Hall–Kier alpha value is -3.61. The minimum absolute atomic E-state index is 0.231. The van der Waals surface area contributed by atoms with Crippen molar-refractivity contribution in [3.05, 3.63) is 89.8 Å². The van der Waals surface area contributed by atoms with Gasteiger partial charge in [0, 0.05) is 55.9 Å².